The fraction of sp³-hybridized carbons (Fsp3) is 0.308. The van der Waals surface area contributed by atoms with Crippen LogP contribution in [0.15, 0.2) is 64.5 Å². The summed E-state index contributed by atoms with van der Waals surface area (Å²) in [6.45, 7) is 7.11. The minimum absolute atomic E-state index is 0.0996. The molecule has 7 heteroatoms. The molecule has 0 aliphatic rings. The minimum atomic E-state index is -0.369. The smallest absolute Gasteiger partial charge is 0.409 e. The van der Waals surface area contributed by atoms with E-state index in [9.17, 15) is 9.59 Å². The predicted octanol–water partition coefficient (Wildman–Crippen LogP) is 6.31. The van der Waals surface area contributed by atoms with Crippen molar-refractivity contribution in [3.05, 3.63) is 80.5 Å². The third kappa shape index (κ3) is 6.68. The van der Waals surface area contributed by atoms with Crippen LogP contribution in [-0.2, 0) is 11.2 Å². The third-order valence-electron chi connectivity index (χ3n) is 5.38. The molecule has 1 aromatic heterocycles. The molecule has 0 saturated heterocycles. The van der Waals surface area contributed by atoms with Crippen molar-refractivity contribution in [2.45, 2.75) is 33.2 Å². The Morgan fingerprint density at radius 3 is 2.36 bits per heavy atom. The lowest BCUT2D eigenvalue weighted by Crippen LogP contribution is -2.42. The maximum atomic E-state index is 13.3. The van der Waals surface area contributed by atoms with Crippen molar-refractivity contribution < 1.29 is 14.3 Å². The number of nitrogens with one attached hydrogen (secondary N) is 1. The summed E-state index contributed by atoms with van der Waals surface area (Å²) in [6.07, 6.45) is 0.191. The Balaban J connectivity index is 1.80. The number of nitrogens with zero attached hydrogens (tertiary/aromatic N) is 1. The third-order valence-corrected chi connectivity index (χ3v) is 7.29. The number of benzene rings is 2. The molecule has 0 aliphatic heterocycles. The summed E-state index contributed by atoms with van der Waals surface area (Å²) in [7, 11) is 0. The summed E-state index contributed by atoms with van der Waals surface area (Å²) in [6, 6.07) is 17.6. The lowest BCUT2D eigenvalue weighted by atomic mass is 10.0. The van der Waals surface area contributed by atoms with E-state index in [1.165, 1.54) is 11.3 Å². The van der Waals surface area contributed by atoms with Crippen LogP contribution in [0.1, 0.15) is 34.6 Å². The Morgan fingerprint density at radius 1 is 1.06 bits per heavy atom. The number of hydrogen-bond donors (Lipinski definition) is 1. The second-order valence-corrected chi connectivity index (χ2v) is 9.50. The number of aryl methyl sites for hydroxylation is 1. The molecule has 174 valence electrons. The molecule has 0 aliphatic carbocycles. The van der Waals surface area contributed by atoms with Gasteiger partial charge >= 0.3 is 6.09 Å². The largest absolute Gasteiger partial charge is 0.447 e. The van der Waals surface area contributed by atoms with Gasteiger partial charge in [-0.15, -0.1) is 11.3 Å². The quantitative estimate of drug-likeness (QED) is 0.354. The summed E-state index contributed by atoms with van der Waals surface area (Å²) in [4.78, 5) is 28.0. The molecular formula is C26H29BrN2O3S. The number of amides is 2. The molecule has 2 amide bonds. The molecule has 33 heavy (non-hydrogen) atoms. The van der Waals surface area contributed by atoms with Crippen molar-refractivity contribution in [3.63, 3.8) is 0 Å². The average molecular weight is 530 g/mol. The van der Waals surface area contributed by atoms with E-state index in [-0.39, 0.29) is 24.6 Å². The fourth-order valence-electron chi connectivity index (χ4n) is 3.54. The van der Waals surface area contributed by atoms with E-state index in [1.807, 2.05) is 80.7 Å². The first-order valence-electron chi connectivity index (χ1n) is 11.0. The Kier molecular flexibility index (Phi) is 9.09. The van der Waals surface area contributed by atoms with Crippen molar-refractivity contribution in [3.8, 4) is 11.1 Å². The van der Waals surface area contributed by atoms with Gasteiger partial charge in [-0.3, -0.25) is 4.79 Å². The lowest BCUT2D eigenvalue weighted by Gasteiger charge is -2.22. The monoisotopic (exact) mass is 528 g/mol. The first-order chi connectivity index (χ1) is 15.9. The highest BCUT2D eigenvalue weighted by Crippen LogP contribution is 2.36. The molecule has 0 fully saturated rings. The molecule has 1 heterocycles. The van der Waals surface area contributed by atoms with E-state index in [0.29, 0.717) is 24.4 Å². The highest BCUT2D eigenvalue weighted by Gasteiger charge is 2.23. The number of carbonyl (C=O) groups is 2. The average Bonchev–Trinajstić information content (AvgIpc) is 3.21. The highest BCUT2D eigenvalue weighted by molar-refractivity contribution is 9.10. The Bertz CT molecular complexity index is 1060. The van der Waals surface area contributed by atoms with Gasteiger partial charge in [0.25, 0.3) is 5.91 Å². The summed E-state index contributed by atoms with van der Waals surface area (Å²) in [5, 5.41) is 5.03. The van der Waals surface area contributed by atoms with Crippen molar-refractivity contribution >= 4 is 39.3 Å². The number of carbonyl (C=O) groups excluding carboxylic acids is 2. The SMILES string of the molecule is CCN(CC)C(=O)OCC(Cc1ccccc1)NC(=O)c1scc(Br)c1-c1ccc(C)cc1. The molecule has 0 spiro atoms. The zero-order valence-electron chi connectivity index (χ0n) is 19.1. The van der Waals surface area contributed by atoms with E-state index in [1.54, 1.807) is 4.90 Å². The van der Waals surface area contributed by atoms with Gasteiger partial charge in [0, 0.05) is 28.5 Å². The predicted molar refractivity (Wildman–Crippen MR) is 138 cm³/mol. The van der Waals surface area contributed by atoms with Gasteiger partial charge in [0.15, 0.2) is 0 Å². The van der Waals surface area contributed by atoms with Crippen molar-refractivity contribution in [1.29, 1.82) is 0 Å². The molecule has 1 unspecified atom stereocenters. The topological polar surface area (TPSA) is 58.6 Å². The zero-order chi connectivity index (χ0) is 23.8. The van der Waals surface area contributed by atoms with Crippen molar-refractivity contribution in [2.24, 2.45) is 0 Å². The van der Waals surface area contributed by atoms with E-state index in [0.717, 1.165) is 26.7 Å². The maximum absolute atomic E-state index is 13.3. The zero-order valence-corrected chi connectivity index (χ0v) is 21.5. The van der Waals surface area contributed by atoms with Gasteiger partial charge in [-0.25, -0.2) is 4.79 Å². The molecule has 0 bridgehead atoms. The number of halogens is 1. The first-order valence-corrected chi connectivity index (χ1v) is 12.7. The van der Waals surface area contributed by atoms with Crippen LogP contribution in [-0.4, -0.2) is 42.6 Å². The second-order valence-electron chi connectivity index (χ2n) is 7.76. The van der Waals surface area contributed by atoms with E-state index in [4.69, 9.17) is 4.74 Å². The molecule has 1 atom stereocenters. The molecule has 1 N–H and O–H groups in total. The molecule has 5 nitrogen and oxygen atoms in total. The second kappa shape index (κ2) is 12.0. The highest BCUT2D eigenvalue weighted by atomic mass is 79.9. The number of hydrogen-bond acceptors (Lipinski definition) is 4. The number of thiophene rings is 1. The normalized spacial score (nSPS) is 11.6. The summed E-state index contributed by atoms with van der Waals surface area (Å²) >= 11 is 4.99. The van der Waals surface area contributed by atoms with Crippen LogP contribution in [0.4, 0.5) is 4.79 Å². The maximum Gasteiger partial charge on any atom is 0.409 e. The van der Waals surface area contributed by atoms with E-state index >= 15 is 0 Å². The molecule has 2 aromatic carbocycles. The molecule has 3 rings (SSSR count). The van der Waals surface area contributed by atoms with Crippen molar-refractivity contribution in [2.75, 3.05) is 19.7 Å². The van der Waals surface area contributed by atoms with E-state index in [2.05, 4.69) is 21.2 Å². The minimum Gasteiger partial charge on any atom is -0.447 e. The summed E-state index contributed by atoms with van der Waals surface area (Å²) < 4.78 is 6.44. The van der Waals surface area contributed by atoms with Gasteiger partial charge in [0.1, 0.15) is 11.5 Å². The van der Waals surface area contributed by atoms with Gasteiger partial charge in [0.2, 0.25) is 0 Å². The van der Waals surface area contributed by atoms with Crippen LogP contribution >= 0.6 is 27.3 Å². The Hall–Kier alpha value is -2.64. The van der Waals surface area contributed by atoms with Crippen LogP contribution in [0, 0.1) is 6.92 Å². The van der Waals surface area contributed by atoms with Gasteiger partial charge in [0.05, 0.1) is 6.04 Å². The number of ether oxygens (including phenoxy) is 1. The van der Waals surface area contributed by atoms with E-state index < -0.39 is 0 Å². The Morgan fingerprint density at radius 2 is 1.73 bits per heavy atom. The molecule has 0 radical (unpaired) electrons. The van der Waals surface area contributed by atoms with Gasteiger partial charge in [-0.2, -0.15) is 0 Å². The Labute approximate surface area is 207 Å². The molecule has 3 aromatic rings. The number of rotatable bonds is 9. The van der Waals surface area contributed by atoms with Crippen LogP contribution in [0.5, 0.6) is 0 Å². The summed E-state index contributed by atoms with van der Waals surface area (Å²) in [5.41, 5.74) is 4.07. The standard InChI is InChI=1S/C26H29BrN2O3S/c1-4-29(5-2)26(31)32-16-21(15-19-9-7-6-8-10-19)28-25(30)24-23(22(27)17-33-24)20-13-11-18(3)12-14-20/h6-14,17,21H,4-5,15-16H2,1-3H3,(H,28,30). The fourth-order valence-corrected chi connectivity index (χ4v) is 5.23. The lowest BCUT2D eigenvalue weighted by molar-refractivity contribution is 0.0828. The first kappa shape index (κ1) is 25.0. The van der Waals surface area contributed by atoms with Crippen LogP contribution in [0.3, 0.4) is 0 Å². The summed E-state index contributed by atoms with van der Waals surface area (Å²) in [5.74, 6) is -0.180. The van der Waals surface area contributed by atoms with Crippen LogP contribution in [0.25, 0.3) is 11.1 Å². The van der Waals surface area contributed by atoms with Gasteiger partial charge in [-0.1, -0.05) is 60.2 Å². The molecular weight excluding hydrogens is 500 g/mol. The van der Waals surface area contributed by atoms with Gasteiger partial charge < -0.3 is 15.0 Å². The van der Waals surface area contributed by atoms with Crippen molar-refractivity contribution in [1.82, 2.24) is 10.2 Å². The molecule has 0 saturated carbocycles. The van der Waals surface area contributed by atoms with Crippen LogP contribution < -0.4 is 5.32 Å². The van der Waals surface area contributed by atoms with Gasteiger partial charge in [-0.05, 0) is 54.2 Å². The van der Waals surface area contributed by atoms with Crippen LogP contribution in [0.2, 0.25) is 0 Å².